The zero-order valence-corrected chi connectivity index (χ0v) is 7.77. The first-order valence-corrected chi connectivity index (χ1v) is 4.35. The van der Waals surface area contributed by atoms with E-state index < -0.39 is 0 Å². The van der Waals surface area contributed by atoms with Gasteiger partial charge >= 0.3 is 0 Å². The van der Waals surface area contributed by atoms with Crippen LogP contribution in [0.5, 0.6) is 5.75 Å². The minimum atomic E-state index is -0.297. The Kier molecular flexibility index (Phi) is 1.81. The first-order valence-electron chi connectivity index (χ1n) is 3.56. The zero-order valence-electron chi connectivity index (χ0n) is 6.18. The van der Waals surface area contributed by atoms with E-state index in [2.05, 4.69) is 15.9 Å². The van der Waals surface area contributed by atoms with Gasteiger partial charge in [0.25, 0.3) is 0 Å². The van der Waals surface area contributed by atoms with Crippen LogP contribution >= 0.6 is 15.9 Å². The van der Waals surface area contributed by atoms with Crippen LogP contribution in [0.3, 0.4) is 0 Å². The molecule has 0 fully saturated rings. The van der Waals surface area contributed by atoms with Crippen molar-refractivity contribution in [1.29, 1.82) is 0 Å². The lowest BCUT2D eigenvalue weighted by molar-refractivity contribution is 0.333. The minimum Gasteiger partial charge on any atom is -0.491 e. The van der Waals surface area contributed by atoms with Crippen molar-refractivity contribution in [3.05, 3.63) is 28.0 Å². The highest BCUT2D eigenvalue weighted by Gasteiger charge is 2.22. The van der Waals surface area contributed by atoms with Crippen LogP contribution in [0.4, 0.5) is 4.39 Å². The number of benzene rings is 1. The second-order valence-electron chi connectivity index (χ2n) is 2.72. The van der Waals surface area contributed by atoms with E-state index in [1.165, 1.54) is 6.07 Å². The molecule has 1 heterocycles. The summed E-state index contributed by atoms with van der Waals surface area (Å²) >= 11 is 3.07. The lowest BCUT2D eigenvalue weighted by atomic mass is 10.1. The third kappa shape index (κ3) is 1.11. The van der Waals surface area contributed by atoms with Crippen molar-refractivity contribution in [2.75, 3.05) is 6.61 Å². The molecule has 0 saturated heterocycles. The van der Waals surface area contributed by atoms with Crippen molar-refractivity contribution >= 4 is 15.9 Å². The number of hydrogen-bond donors (Lipinski definition) is 1. The largest absolute Gasteiger partial charge is 0.491 e. The van der Waals surface area contributed by atoms with E-state index in [9.17, 15) is 4.39 Å². The molecule has 12 heavy (non-hydrogen) atoms. The van der Waals surface area contributed by atoms with Gasteiger partial charge in [0.15, 0.2) is 0 Å². The van der Waals surface area contributed by atoms with Crippen LogP contribution in [0.15, 0.2) is 16.6 Å². The van der Waals surface area contributed by atoms with E-state index in [0.717, 1.165) is 5.56 Å². The first-order chi connectivity index (χ1) is 5.68. The number of ether oxygens (including phenoxy) is 1. The summed E-state index contributed by atoms with van der Waals surface area (Å²) in [6.07, 6.45) is 0. The summed E-state index contributed by atoms with van der Waals surface area (Å²) in [6, 6.07) is 2.83. The zero-order chi connectivity index (χ0) is 8.72. The minimum absolute atomic E-state index is 0.192. The maximum Gasteiger partial charge on any atom is 0.137 e. The van der Waals surface area contributed by atoms with Gasteiger partial charge in [0.2, 0.25) is 0 Å². The Labute approximate surface area is 77.6 Å². The van der Waals surface area contributed by atoms with Gasteiger partial charge in [0.1, 0.15) is 18.2 Å². The molecule has 0 spiro atoms. The van der Waals surface area contributed by atoms with Gasteiger partial charge in [-0.3, -0.25) is 0 Å². The van der Waals surface area contributed by atoms with Crippen LogP contribution in [0.25, 0.3) is 0 Å². The van der Waals surface area contributed by atoms with Crippen molar-refractivity contribution in [2.45, 2.75) is 6.04 Å². The summed E-state index contributed by atoms with van der Waals surface area (Å²) in [7, 11) is 0. The van der Waals surface area contributed by atoms with Gasteiger partial charge in [-0.2, -0.15) is 0 Å². The fourth-order valence-electron chi connectivity index (χ4n) is 1.23. The van der Waals surface area contributed by atoms with Gasteiger partial charge in [0.05, 0.1) is 10.5 Å². The van der Waals surface area contributed by atoms with Gasteiger partial charge < -0.3 is 10.5 Å². The number of nitrogens with two attached hydrogens (primary N) is 1. The summed E-state index contributed by atoms with van der Waals surface area (Å²) in [5.41, 5.74) is 6.40. The van der Waals surface area contributed by atoms with Crippen LogP contribution in [-0.2, 0) is 0 Å². The molecule has 2 N–H and O–H groups in total. The highest BCUT2D eigenvalue weighted by atomic mass is 79.9. The van der Waals surface area contributed by atoms with Gasteiger partial charge in [-0.05, 0) is 28.1 Å². The van der Waals surface area contributed by atoms with Crippen LogP contribution in [0.1, 0.15) is 11.6 Å². The second kappa shape index (κ2) is 2.71. The van der Waals surface area contributed by atoms with Crippen LogP contribution in [-0.4, -0.2) is 6.61 Å². The molecular formula is C8H7BrFNO. The van der Waals surface area contributed by atoms with E-state index in [4.69, 9.17) is 10.5 Å². The Morgan fingerprint density at radius 2 is 2.33 bits per heavy atom. The summed E-state index contributed by atoms with van der Waals surface area (Å²) in [5, 5.41) is 0. The highest BCUT2D eigenvalue weighted by molar-refractivity contribution is 9.10. The first kappa shape index (κ1) is 8.01. The molecule has 0 unspecified atom stereocenters. The Hall–Kier alpha value is -0.610. The lowest BCUT2D eigenvalue weighted by Gasteiger charge is -2.01. The number of hydrogen-bond acceptors (Lipinski definition) is 2. The van der Waals surface area contributed by atoms with E-state index in [1.54, 1.807) is 6.07 Å². The fraction of sp³-hybridized carbons (Fsp3) is 0.250. The van der Waals surface area contributed by atoms with Gasteiger partial charge in [-0.1, -0.05) is 0 Å². The average Bonchev–Trinajstić information content (AvgIpc) is 2.35. The molecule has 0 aromatic heterocycles. The normalized spacial score (nSPS) is 20.4. The fourth-order valence-corrected chi connectivity index (χ4v) is 1.55. The molecule has 1 atom stereocenters. The molecule has 2 nitrogen and oxygen atoms in total. The number of rotatable bonds is 0. The Bertz CT molecular complexity index is 329. The monoisotopic (exact) mass is 231 g/mol. The molecule has 1 aromatic carbocycles. The summed E-state index contributed by atoms with van der Waals surface area (Å²) in [5.74, 6) is 0.380. The molecular weight excluding hydrogens is 225 g/mol. The van der Waals surface area contributed by atoms with Gasteiger partial charge in [0, 0.05) is 5.56 Å². The van der Waals surface area contributed by atoms with E-state index >= 15 is 0 Å². The third-order valence-electron chi connectivity index (χ3n) is 1.87. The topological polar surface area (TPSA) is 35.2 Å². The van der Waals surface area contributed by atoms with Crippen LogP contribution < -0.4 is 10.5 Å². The maximum absolute atomic E-state index is 13.0. The van der Waals surface area contributed by atoms with Crippen LogP contribution in [0.2, 0.25) is 0 Å². The molecule has 0 bridgehead atoms. The Morgan fingerprint density at radius 3 is 3.08 bits per heavy atom. The molecule has 1 aliphatic heterocycles. The molecule has 0 radical (unpaired) electrons. The molecule has 64 valence electrons. The molecule has 4 heteroatoms. The van der Waals surface area contributed by atoms with Crippen molar-refractivity contribution in [1.82, 2.24) is 0 Å². The Morgan fingerprint density at radius 1 is 1.58 bits per heavy atom. The van der Waals surface area contributed by atoms with E-state index in [1.807, 2.05) is 0 Å². The van der Waals surface area contributed by atoms with Crippen LogP contribution in [0, 0.1) is 5.82 Å². The quantitative estimate of drug-likeness (QED) is 0.742. The summed E-state index contributed by atoms with van der Waals surface area (Å²) in [4.78, 5) is 0. The smallest absolute Gasteiger partial charge is 0.137 e. The molecule has 0 aliphatic carbocycles. The molecule has 1 aromatic rings. The molecule has 1 aliphatic rings. The van der Waals surface area contributed by atoms with E-state index in [-0.39, 0.29) is 11.9 Å². The van der Waals surface area contributed by atoms with E-state index in [0.29, 0.717) is 16.8 Å². The van der Waals surface area contributed by atoms with Gasteiger partial charge in [-0.15, -0.1) is 0 Å². The summed E-state index contributed by atoms with van der Waals surface area (Å²) < 4.78 is 18.6. The van der Waals surface area contributed by atoms with Crippen molar-refractivity contribution < 1.29 is 9.13 Å². The average molecular weight is 232 g/mol. The van der Waals surface area contributed by atoms with Gasteiger partial charge in [-0.25, -0.2) is 4.39 Å². The SMILES string of the molecule is N[C@H]1COc2cc(Br)c(F)cc21. The number of fused-ring (bicyclic) bond motifs is 1. The van der Waals surface area contributed by atoms with Crippen molar-refractivity contribution in [3.8, 4) is 5.75 Å². The maximum atomic E-state index is 13.0. The predicted molar refractivity (Wildman–Crippen MR) is 46.5 cm³/mol. The predicted octanol–water partition coefficient (Wildman–Crippen LogP) is 1.98. The van der Waals surface area contributed by atoms with Crippen molar-refractivity contribution in [3.63, 3.8) is 0 Å². The number of halogens is 2. The summed E-state index contributed by atoms with van der Waals surface area (Å²) in [6.45, 7) is 0.436. The standard InChI is InChI=1S/C8H7BrFNO/c9-5-2-8-4(1-6(5)10)7(11)3-12-8/h1-2,7H,3,11H2/t7-/m0/s1. The molecule has 2 rings (SSSR count). The highest BCUT2D eigenvalue weighted by Crippen LogP contribution is 2.34. The molecule has 0 saturated carbocycles. The Balaban J connectivity index is 2.56. The molecule has 0 amide bonds. The van der Waals surface area contributed by atoms with Crippen molar-refractivity contribution in [2.24, 2.45) is 5.73 Å². The third-order valence-corrected chi connectivity index (χ3v) is 2.48. The lowest BCUT2D eigenvalue weighted by Crippen LogP contribution is -2.10. The second-order valence-corrected chi connectivity index (χ2v) is 3.58.